The molecule has 0 aliphatic rings. The van der Waals surface area contributed by atoms with Gasteiger partial charge in [0.1, 0.15) is 0 Å². The molecule has 0 fully saturated rings. The summed E-state index contributed by atoms with van der Waals surface area (Å²) in [6, 6.07) is 5.94. The van der Waals surface area contributed by atoms with Crippen LogP contribution in [0.3, 0.4) is 0 Å². The van der Waals surface area contributed by atoms with Crippen molar-refractivity contribution in [1.82, 2.24) is 0 Å². The molecule has 13 heavy (non-hydrogen) atoms. The van der Waals surface area contributed by atoms with Crippen molar-refractivity contribution >= 4 is 33.4 Å². The smallest absolute Gasteiger partial charge is 0.0366 e. The highest BCUT2D eigenvalue weighted by Crippen LogP contribution is 2.28. The van der Waals surface area contributed by atoms with Crippen molar-refractivity contribution in [2.75, 3.05) is 5.73 Å². The van der Waals surface area contributed by atoms with Crippen LogP contribution in [-0.4, -0.2) is 5.25 Å². The number of benzene rings is 1. The van der Waals surface area contributed by atoms with E-state index in [1.54, 1.807) is 0 Å². The minimum atomic E-state index is 0.645. The molecule has 1 rings (SSSR count). The quantitative estimate of drug-likeness (QED) is 0.839. The third-order valence-electron chi connectivity index (χ3n) is 1.72. The van der Waals surface area contributed by atoms with Gasteiger partial charge in [-0.1, -0.05) is 35.8 Å². The van der Waals surface area contributed by atoms with Gasteiger partial charge >= 0.3 is 0 Å². The first-order chi connectivity index (χ1) is 6.11. The van der Waals surface area contributed by atoms with E-state index < -0.39 is 0 Å². The lowest BCUT2D eigenvalue weighted by Crippen LogP contribution is -1.96. The highest BCUT2D eigenvalue weighted by Gasteiger charge is 2.04. The number of halogens is 1. The van der Waals surface area contributed by atoms with Crippen LogP contribution in [0.4, 0.5) is 5.69 Å². The first-order valence-corrected chi connectivity index (χ1v) is 6.10. The van der Waals surface area contributed by atoms with Crippen LogP contribution in [0.2, 0.25) is 0 Å². The molecular formula is C10H14BrNS. The zero-order valence-corrected chi connectivity index (χ0v) is 10.3. The second-order valence-corrected chi connectivity index (χ2v) is 5.59. The second kappa shape index (κ2) is 4.91. The maximum Gasteiger partial charge on any atom is 0.0366 e. The van der Waals surface area contributed by atoms with Gasteiger partial charge in [-0.3, -0.25) is 0 Å². The molecule has 0 aromatic heterocycles. The van der Waals surface area contributed by atoms with E-state index in [4.69, 9.17) is 5.73 Å². The molecule has 1 aromatic carbocycles. The molecule has 0 radical (unpaired) electrons. The fourth-order valence-electron chi connectivity index (χ4n) is 0.978. The number of thioether (sulfide) groups is 1. The Balaban J connectivity index is 2.75. The van der Waals surface area contributed by atoms with Gasteiger partial charge in [-0.05, 0) is 22.9 Å². The van der Waals surface area contributed by atoms with Crippen molar-refractivity contribution in [3.8, 4) is 0 Å². The van der Waals surface area contributed by atoms with E-state index in [9.17, 15) is 0 Å². The summed E-state index contributed by atoms with van der Waals surface area (Å²) in [6.07, 6.45) is 0. The molecule has 0 saturated heterocycles. The Morgan fingerprint density at radius 3 is 2.69 bits per heavy atom. The van der Waals surface area contributed by atoms with Gasteiger partial charge in [0.15, 0.2) is 0 Å². The minimum absolute atomic E-state index is 0.645. The summed E-state index contributed by atoms with van der Waals surface area (Å²) in [7, 11) is 0. The highest BCUT2D eigenvalue weighted by atomic mass is 79.9. The number of nitrogens with two attached hydrogens (primary N) is 1. The molecule has 0 unspecified atom stereocenters. The van der Waals surface area contributed by atoms with Crippen LogP contribution in [-0.2, 0) is 5.75 Å². The van der Waals surface area contributed by atoms with E-state index in [0.717, 1.165) is 15.9 Å². The summed E-state index contributed by atoms with van der Waals surface area (Å²) in [4.78, 5) is 0. The van der Waals surface area contributed by atoms with E-state index in [-0.39, 0.29) is 0 Å². The first kappa shape index (κ1) is 10.9. The molecular weight excluding hydrogens is 246 g/mol. The number of anilines is 1. The maximum atomic E-state index is 5.86. The van der Waals surface area contributed by atoms with Crippen molar-refractivity contribution in [1.29, 1.82) is 0 Å². The largest absolute Gasteiger partial charge is 0.398 e. The Bertz CT molecular complexity index is 266. The molecule has 0 bridgehead atoms. The van der Waals surface area contributed by atoms with Gasteiger partial charge in [0.05, 0.1) is 0 Å². The molecule has 2 N–H and O–H groups in total. The molecule has 0 heterocycles. The van der Waals surface area contributed by atoms with Gasteiger partial charge in [-0.15, -0.1) is 0 Å². The van der Waals surface area contributed by atoms with Gasteiger partial charge in [0, 0.05) is 15.9 Å². The van der Waals surface area contributed by atoms with E-state index in [2.05, 4.69) is 29.8 Å². The van der Waals surface area contributed by atoms with Crippen molar-refractivity contribution in [3.05, 3.63) is 28.2 Å². The Morgan fingerprint density at radius 2 is 2.15 bits per heavy atom. The first-order valence-electron chi connectivity index (χ1n) is 4.25. The third-order valence-corrected chi connectivity index (χ3v) is 3.58. The van der Waals surface area contributed by atoms with Gasteiger partial charge in [0.2, 0.25) is 0 Å². The molecule has 1 nitrogen and oxygen atoms in total. The lowest BCUT2D eigenvalue weighted by Gasteiger charge is -2.09. The van der Waals surface area contributed by atoms with Crippen LogP contribution >= 0.6 is 27.7 Å². The minimum Gasteiger partial charge on any atom is -0.398 e. The number of hydrogen-bond acceptors (Lipinski definition) is 2. The topological polar surface area (TPSA) is 26.0 Å². The van der Waals surface area contributed by atoms with Crippen LogP contribution in [0.25, 0.3) is 0 Å². The van der Waals surface area contributed by atoms with Crippen LogP contribution in [0.1, 0.15) is 19.4 Å². The van der Waals surface area contributed by atoms with Crippen molar-refractivity contribution in [3.63, 3.8) is 0 Å². The fourth-order valence-corrected chi connectivity index (χ4v) is 2.51. The van der Waals surface area contributed by atoms with Crippen molar-refractivity contribution in [2.24, 2.45) is 0 Å². The molecule has 0 spiro atoms. The summed E-state index contributed by atoms with van der Waals surface area (Å²) in [5.74, 6) is 0.977. The summed E-state index contributed by atoms with van der Waals surface area (Å²) < 4.78 is 1.11. The summed E-state index contributed by atoms with van der Waals surface area (Å²) in [5, 5.41) is 0.645. The Hall–Kier alpha value is -0.150. The van der Waals surface area contributed by atoms with Crippen LogP contribution in [0.15, 0.2) is 22.7 Å². The van der Waals surface area contributed by atoms with Crippen LogP contribution < -0.4 is 5.73 Å². The Labute approximate surface area is 92.2 Å². The molecule has 3 heteroatoms. The summed E-state index contributed by atoms with van der Waals surface area (Å²) in [5.41, 5.74) is 7.95. The SMILES string of the molecule is CC(C)SCc1c(N)cccc1Br. The number of hydrogen-bond donors (Lipinski definition) is 1. The molecule has 0 saturated carbocycles. The molecule has 1 aromatic rings. The summed E-state index contributed by atoms with van der Waals surface area (Å²) >= 11 is 5.41. The van der Waals surface area contributed by atoms with Gasteiger partial charge in [-0.25, -0.2) is 0 Å². The van der Waals surface area contributed by atoms with Gasteiger partial charge < -0.3 is 5.73 Å². The average Bonchev–Trinajstić information content (AvgIpc) is 2.03. The van der Waals surface area contributed by atoms with E-state index >= 15 is 0 Å². The van der Waals surface area contributed by atoms with Gasteiger partial charge in [-0.2, -0.15) is 11.8 Å². The lowest BCUT2D eigenvalue weighted by atomic mass is 10.2. The Morgan fingerprint density at radius 1 is 1.46 bits per heavy atom. The second-order valence-electron chi connectivity index (χ2n) is 3.17. The monoisotopic (exact) mass is 259 g/mol. The highest BCUT2D eigenvalue weighted by molar-refractivity contribution is 9.10. The number of rotatable bonds is 3. The zero-order valence-electron chi connectivity index (χ0n) is 7.88. The normalized spacial score (nSPS) is 10.8. The molecule has 0 aliphatic carbocycles. The molecule has 72 valence electrons. The maximum absolute atomic E-state index is 5.86. The van der Waals surface area contributed by atoms with Crippen molar-refractivity contribution in [2.45, 2.75) is 24.9 Å². The molecule has 0 atom stereocenters. The standard InChI is InChI=1S/C10H14BrNS/c1-7(2)13-6-8-9(11)4-3-5-10(8)12/h3-5,7H,6,12H2,1-2H3. The van der Waals surface area contributed by atoms with Gasteiger partial charge in [0.25, 0.3) is 0 Å². The van der Waals surface area contributed by atoms with Crippen LogP contribution in [0, 0.1) is 0 Å². The molecule has 0 amide bonds. The zero-order chi connectivity index (χ0) is 9.84. The fraction of sp³-hybridized carbons (Fsp3) is 0.400. The van der Waals surface area contributed by atoms with Crippen molar-refractivity contribution < 1.29 is 0 Å². The number of nitrogen functional groups attached to an aromatic ring is 1. The summed E-state index contributed by atoms with van der Waals surface area (Å²) in [6.45, 7) is 4.38. The predicted octanol–water partition coefficient (Wildman–Crippen LogP) is 3.67. The van der Waals surface area contributed by atoms with E-state index in [1.165, 1.54) is 5.56 Å². The molecule has 0 aliphatic heterocycles. The van der Waals surface area contributed by atoms with E-state index in [1.807, 2.05) is 30.0 Å². The third kappa shape index (κ3) is 3.24. The van der Waals surface area contributed by atoms with Crippen LogP contribution in [0.5, 0.6) is 0 Å². The lowest BCUT2D eigenvalue weighted by molar-refractivity contribution is 1.11. The van der Waals surface area contributed by atoms with E-state index in [0.29, 0.717) is 5.25 Å². The average molecular weight is 260 g/mol. The Kier molecular flexibility index (Phi) is 4.13. The predicted molar refractivity (Wildman–Crippen MR) is 65.0 cm³/mol.